The molecule has 1 aromatic heterocycles. The van der Waals surface area contributed by atoms with Gasteiger partial charge in [-0.2, -0.15) is 0 Å². The van der Waals surface area contributed by atoms with Gasteiger partial charge in [-0.1, -0.05) is 60.1 Å². The van der Waals surface area contributed by atoms with Crippen molar-refractivity contribution < 1.29 is 4.79 Å². The molecule has 1 amide bonds. The third-order valence-electron chi connectivity index (χ3n) is 5.27. The maximum Gasteiger partial charge on any atom is 0.264 e. The fraction of sp³-hybridized carbons (Fsp3) is 0.0370. The molecule has 0 bridgehead atoms. The van der Waals surface area contributed by atoms with Gasteiger partial charge in [0.05, 0.1) is 16.3 Å². The number of hydrogen-bond donors (Lipinski definition) is 1. The molecule has 0 spiro atoms. The zero-order valence-electron chi connectivity index (χ0n) is 17.8. The molecule has 162 valence electrons. The van der Waals surface area contributed by atoms with Gasteiger partial charge in [0.1, 0.15) is 0 Å². The van der Waals surface area contributed by atoms with Gasteiger partial charge in [-0.05, 0) is 72.8 Å². The Hall–Kier alpha value is -3.54. The van der Waals surface area contributed by atoms with E-state index in [2.05, 4.69) is 52.1 Å². The van der Waals surface area contributed by atoms with Crippen molar-refractivity contribution in [2.45, 2.75) is 6.92 Å². The third kappa shape index (κ3) is 4.51. The van der Waals surface area contributed by atoms with Crippen LogP contribution in [0.15, 0.2) is 101 Å². The molecule has 5 rings (SSSR count). The topological polar surface area (TPSA) is 46.4 Å². The summed E-state index contributed by atoms with van der Waals surface area (Å²) in [7, 11) is 0. The highest BCUT2D eigenvalue weighted by molar-refractivity contribution is 8.18. The molecule has 4 aromatic rings. The zero-order chi connectivity index (χ0) is 22.8. The van der Waals surface area contributed by atoms with Crippen LogP contribution in [0.5, 0.6) is 0 Å². The SMILES string of the molecule is Cc1cc(/C=C2\SC(=Nc3ccc(Cl)cc3)NC2=O)c(-c2ccccc2)n1-c1ccccc1. The number of thioether (sulfide) groups is 1. The molecule has 0 radical (unpaired) electrons. The van der Waals surface area contributed by atoms with E-state index in [1.807, 2.05) is 54.6 Å². The Kier molecular flexibility index (Phi) is 5.90. The molecule has 1 fully saturated rings. The van der Waals surface area contributed by atoms with Gasteiger partial charge in [-0.25, -0.2) is 4.99 Å². The molecule has 33 heavy (non-hydrogen) atoms. The van der Waals surface area contributed by atoms with Crippen LogP contribution in [-0.2, 0) is 4.79 Å². The lowest BCUT2D eigenvalue weighted by Gasteiger charge is -2.13. The Bertz CT molecular complexity index is 1370. The number of aryl methyl sites for hydroxylation is 1. The molecular formula is C27H20ClN3OS. The minimum absolute atomic E-state index is 0.156. The van der Waals surface area contributed by atoms with Gasteiger partial charge in [0.2, 0.25) is 0 Å². The molecule has 1 aliphatic heterocycles. The molecule has 0 atom stereocenters. The van der Waals surface area contributed by atoms with Crippen LogP contribution in [0.1, 0.15) is 11.3 Å². The van der Waals surface area contributed by atoms with Crippen LogP contribution in [0, 0.1) is 6.92 Å². The fourth-order valence-corrected chi connectivity index (χ4v) is 4.79. The minimum atomic E-state index is -0.156. The van der Waals surface area contributed by atoms with E-state index in [0.29, 0.717) is 15.1 Å². The number of hydrogen-bond acceptors (Lipinski definition) is 3. The molecule has 2 heterocycles. The van der Waals surface area contributed by atoms with Crippen molar-refractivity contribution in [1.82, 2.24) is 9.88 Å². The summed E-state index contributed by atoms with van der Waals surface area (Å²) in [5.74, 6) is -0.156. The van der Waals surface area contributed by atoms with Crippen molar-refractivity contribution in [2.24, 2.45) is 4.99 Å². The van der Waals surface area contributed by atoms with E-state index in [-0.39, 0.29) is 5.91 Å². The van der Waals surface area contributed by atoms with Gasteiger partial charge >= 0.3 is 0 Å². The Morgan fingerprint density at radius 2 is 1.61 bits per heavy atom. The molecule has 6 heteroatoms. The first kappa shape index (κ1) is 21.3. The standard InChI is InChI=1S/C27H20ClN3OS/c1-18-16-20(17-24-26(32)30-27(33-24)29-22-14-12-21(28)13-15-22)25(19-8-4-2-5-9-19)31(18)23-10-6-3-7-11-23/h2-17H,1H3,(H,29,30,32)/b24-17-. The molecule has 0 aliphatic carbocycles. The summed E-state index contributed by atoms with van der Waals surface area (Å²) >= 11 is 7.29. The smallest absolute Gasteiger partial charge is 0.264 e. The maximum atomic E-state index is 12.7. The average molecular weight is 470 g/mol. The highest BCUT2D eigenvalue weighted by Crippen LogP contribution is 2.35. The number of aromatic nitrogens is 1. The fourth-order valence-electron chi connectivity index (χ4n) is 3.83. The number of benzene rings is 3. The monoisotopic (exact) mass is 469 g/mol. The summed E-state index contributed by atoms with van der Waals surface area (Å²) in [5, 5.41) is 4.06. The lowest BCUT2D eigenvalue weighted by molar-refractivity contribution is -0.115. The first-order valence-corrected chi connectivity index (χ1v) is 11.7. The van der Waals surface area contributed by atoms with Crippen LogP contribution in [0.2, 0.25) is 5.02 Å². The molecule has 0 saturated carbocycles. The van der Waals surface area contributed by atoms with Crippen molar-refractivity contribution in [3.05, 3.63) is 112 Å². The van der Waals surface area contributed by atoms with E-state index in [0.717, 1.165) is 33.9 Å². The Balaban J connectivity index is 1.57. The van der Waals surface area contributed by atoms with E-state index in [1.54, 1.807) is 12.1 Å². The highest BCUT2D eigenvalue weighted by Gasteiger charge is 2.25. The van der Waals surface area contributed by atoms with Gasteiger partial charge in [0.25, 0.3) is 5.91 Å². The maximum absolute atomic E-state index is 12.7. The first-order valence-electron chi connectivity index (χ1n) is 10.5. The van der Waals surface area contributed by atoms with Crippen molar-refractivity contribution in [3.63, 3.8) is 0 Å². The van der Waals surface area contributed by atoms with Crippen molar-refractivity contribution in [1.29, 1.82) is 0 Å². The van der Waals surface area contributed by atoms with Gasteiger partial charge in [0, 0.05) is 22.0 Å². The second kappa shape index (κ2) is 9.14. The van der Waals surface area contributed by atoms with Crippen molar-refractivity contribution in [3.8, 4) is 16.9 Å². The summed E-state index contributed by atoms with van der Waals surface area (Å²) in [5.41, 5.74) is 6.01. The van der Waals surface area contributed by atoms with E-state index in [9.17, 15) is 4.79 Å². The third-order valence-corrected chi connectivity index (χ3v) is 6.43. The number of amides is 1. The predicted octanol–water partition coefficient (Wildman–Crippen LogP) is 7.00. The van der Waals surface area contributed by atoms with Crippen LogP contribution >= 0.6 is 23.4 Å². The predicted molar refractivity (Wildman–Crippen MR) is 138 cm³/mol. The summed E-state index contributed by atoms with van der Waals surface area (Å²) < 4.78 is 2.22. The lowest BCUT2D eigenvalue weighted by atomic mass is 10.1. The zero-order valence-corrected chi connectivity index (χ0v) is 19.4. The van der Waals surface area contributed by atoms with E-state index in [1.165, 1.54) is 11.8 Å². The second-order valence-electron chi connectivity index (χ2n) is 7.58. The summed E-state index contributed by atoms with van der Waals surface area (Å²) in [6.45, 7) is 2.08. The number of halogens is 1. The molecule has 0 unspecified atom stereocenters. The number of carbonyl (C=O) groups is 1. The molecule has 1 saturated heterocycles. The quantitative estimate of drug-likeness (QED) is 0.327. The van der Waals surface area contributed by atoms with Crippen LogP contribution < -0.4 is 5.32 Å². The van der Waals surface area contributed by atoms with E-state index < -0.39 is 0 Å². The van der Waals surface area contributed by atoms with Gasteiger partial charge in [-0.3, -0.25) is 4.79 Å². The molecule has 4 nitrogen and oxygen atoms in total. The number of para-hydroxylation sites is 1. The van der Waals surface area contributed by atoms with E-state index in [4.69, 9.17) is 11.6 Å². The van der Waals surface area contributed by atoms with Crippen molar-refractivity contribution in [2.75, 3.05) is 0 Å². The van der Waals surface area contributed by atoms with Gasteiger partial charge < -0.3 is 9.88 Å². The van der Waals surface area contributed by atoms with Crippen LogP contribution in [0.25, 0.3) is 23.0 Å². The Labute approximate surface area is 201 Å². The van der Waals surface area contributed by atoms with Gasteiger partial charge in [0.15, 0.2) is 5.17 Å². The van der Waals surface area contributed by atoms with Crippen LogP contribution in [-0.4, -0.2) is 15.6 Å². The van der Waals surface area contributed by atoms with Crippen LogP contribution in [0.3, 0.4) is 0 Å². The number of carbonyl (C=O) groups excluding carboxylic acids is 1. The number of rotatable bonds is 4. The summed E-state index contributed by atoms with van der Waals surface area (Å²) in [6, 6.07) is 29.8. The number of nitrogens with one attached hydrogen (secondary N) is 1. The Morgan fingerprint density at radius 1 is 0.939 bits per heavy atom. The molecule has 1 aliphatic rings. The average Bonchev–Trinajstić information content (AvgIpc) is 3.35. The number of amidine groups is 1. The number of aliphatic imine (C=N–C) groups is 1. The second-order valence-corrected chi connectivity index (χ2v) is 9.05. The van der Waals surface area contributed by atoms with Crippen molar-refractivity contribution >= 4 is 46.2 Å². The molecule has 1 N–H and O–H groups in total. The van der Waals surface area contributed by atoms with E-state index >= 15 is 0 Å². The Morgan fingerprint density at radius 3 is 2.30 bits per heavy atom. The number of nitrogens with zero attached hydrogens (tertiary/aromatic N) is 2. The lowest BCUT2D eigenvalue weighted by Crippen LogP contribution is -2.19. The minimum Gasteiger partial charge on any atom is -0.313 e. The van der Waals surface area contributed by atoms with Gasteiger partial charge in [-0.15, -0.1) is 0 Å². The summed E-state index contributed by atoms with van der Waals surface area (Å²) in [4.78, 5) is 17.9. The molecular weight excluding hydrogens is 450 g/mol. The van der Waals surface area contributed by atoms with Crippen LogP contribution in [0.4, 0.5) is 5.69 Å². The first-order chi connectivity index (χ1) is 16.1. The largest absolute Gasteiger partial charge is 0.313 e. The summed E-state index contributed by atoms with van der Waals surface area (Å²) in [6.07, 6.45) is 1.94. The highest BCUT2D eigenvalue weighted by atomic mass is 35.5. The normalized spacial score (nSPS) is 15.9. The molecule has 3 aromatic carbocycles.